The molecule has 3 rings (SSSR count). The van der Waals surface area contributed by atoms with Gasteiger partial charge in [-0.3, -0.25) is 25.8 Å². The molecular weight excluding hydrogens is 396 g/mol. The normalized spacial score (nSPS) is 10.3. The van der Waals surface area contributed by atoms with Gasteiger partial charge in [0.25, 0.3) is 5.91 Å². The minimum atomic E-state index is -0.620. The van der Waals surface area contributed by atoms with Gasteiger partial charge in [-0.25, -0.2) is 9.97 Å². The van der Waals surface area contributed by atoms with Gasteiger partial charge in [0.15, 0.2) is 0 Å². The molecule has 9 nitrogen and oxygen atoms in total. The number of nitrogens with one attached hydrogen (secondary N) is 3. The predicted molar refractivity (Wildman–Crippen MR) is 110 cm³/mol. The van der Waals surface area contributed by atoms with Crippen molar-refractivity contribution in [3.8, 4) is 0 Å². The largest absolute Gasteiger partial charge is 0.360 e. The van der Waals surface area contributed by atoms with Crippen LogP contribution in [0.15, 0.2) is 54.9 Å². The second-order valence-electron chi connectivity index (χ2n) is 6.11. The Kier molecular flexibility index (Phi) is 6.20. The first-order valence-electron chi connectivity index (χ1n) is 8.55. The van der Waals surface area contributed by atoms with E-state index in [1.165, 1.54) is 12.4 Å². The van der Waals surface area contributed by atoms with Gasteiger partial charge in [-0.05, 0) is 30.7 Å². The fraction of sp³-hybridized carbons (Fsp3) is 0.105. The molecule has 148 valence electrons. The van der Waals surface area contributed by atoms with Gasteiger partial charge in [-0.15, -0.1) is 0 Å². The van der Waals surface area contributed by atoms with Crippen molar-refractivity contribution in [3.05, 3.63) is 86.7 Å². The Morgan fingerprint density at radius 2 is 1.86 bits per heavy atom. The standard InChI is InChI=1S/C19H17ClN6O3/c1-12-5-7-13(8-6-12)10-21-17-16(26(28)29)18(23-11-22-17)24-25-19(27)14-3-2-4-15(20)9-14/h2-9,11H,10H2,1H3,(H,25,27)(H2,21,22,23,24). The van der Waals surface area contributed by atoms with Gasteiger partial charge >= 0.3 is 5.69 Å². The smallest absolute Gasteiger partial charge is 0.354 e. The van der Waals surface area contributed by atoms with Crippen LogP contribution in [0.4, 0.5) is 17.3 Å². The van der Waals surface area contributed by atoms with E-state index in [1.807, 2.05) is 31.2 Å². The Hall–Kier alpha value is -3.72. The van der Waals surface area contributed by atoms with Crippen LogP contribution < -0.4 is 16.2 Å². The molecule has 3 N–H and O–H groups in total. The van der Waals surface area contributed by atoms with Crippen molar-refractivity contribution in [2.75, 3.05) is 10.7 Å². The average molecular weight is 413 g/mol. The molecule has 0 bridgehead atoms. The number of carbonyl (C=O) groups excluding carboxylic acids is 1. The summed E-state index contributed by atoms with van der Waals surface area (Å²) >= 11 is 5.87. The zero-order valence-electron chi connectivity index (χ0n) is 15.3. The number of aryl methyl sites for hydroxylation is 1. The molecule has 1 heterocycles. The minimum absolute atomic E-state index is 0.0325. The van der Waals surface area contributed by atoms with Crippen LogP contribution in [0.5, 0.6) is 0 Å². The number of carbonyl (C=O) groups is 1. The Morgan fingerprint density at radius 3 is 2.55 bits per heavy atom. The topological polar surface area (TPSA) is 122 Å². The van der Waals surface area contributed by atoms with Gasteiger partial charge in [-0.2, -0.15) is 0 Å². The van der Waals surface area contributed by atoms with E-state index in [0.717, 1.165) is 11.1 Å². The maximum Gasteiger partial charge on any atom is 0.354 e. The second-order valence-corrected chi connectivity index (χ2v) is 6.54. The summed E-state index contributed by atoms with van der Waals surface area (Å²) in [5, 5.41) is 14.9. The third-order valence-corrected chi connectivity index (χ3v) is 4.20. The van der Waals surface area contributed by atoms with Gasteiger partial charge in [0.1, 0.15) is 6.33 Å². The number of hydrogen-bond donors (Lipinski definition) is 3. The van der Waals surface area contributed by atoms with Crippen LogP contribution in [0.1, 0.15) is 21.5 Å². The van der Waals surface area contributed by atoms with E-state index in [1.54, 1.807) is 18.2 Å². The van der Waals surface area contributed by atoms with E-state index in [2.05, 4.69) is 26.1 Å². The summed E-state index contributed by atoms with van der Waals surface area (Å²) in [6, 6.07) is 14.0. The SMILES string of the molecule is Cc1ccc(CNc2ncnc(NNC(=O)c3cccc(Cl)c3)c2[N+](=O)[O-])cc1. The summed E-state index contributed by atoms with van der Waals surface area (Å²) in [6.45, 7) is 2.31. The van der Waals surface area contributed by atoms with Crippen LogP contribution in [0.3, 0.4) is 0 Å². The summed E-state index contributed by atoms with van der Waals surface area (Å²) in [7, 11) is 0. The molecule has 0 unspecified atom stereocenters. The molecule has 0 aliphatic carbocycles. The third-order valence-electron chi connectivity index (χ3n) is 3.97. The van der Waals surface area contributed by atoms with E-state index >= 15 is 0 Å². The summed E-state index contributed by atoms with van der Waals surface area (Å²) in [4.78, 5) is 31.0. The number of amides is 1. The number of hydrazine groups is 1. The van der Waals surface area contributed by atoms with Gasteiger partial charge in [0.2, 0.25) is 11.6 Å². The van der Waals surface area contributed by atoms with Gasteiger partial charge in [-0.1, -0.05) is 47.5 Å². The highest BCUT2D eigenvalue weighted by Crippen LogP contribution is 2.28. The molecule has 3 aromatic rings. The first-order chi connectivity index (χ1) is 13.9. The molecule has 0 spiro atoms. The second kappa shape index (κ2) is 8.98. The number of hydrogen-bond acceptors (Lipinski definition) is 7. The lowest BCUT2D eigenvalue weighted by molar-refractivity contribution is -0.383. The lowest BCUT2D eigenvalue weighted by Crippen LogP contribution is -2.30. The number of benzene rings is 2. The molecule has 0 aliphatic rings. The van der Waals surface area contributed by atoms with Crippen molar-refractivity contribution < 1.29 is 9.72 Å². The first kappa shape index (κ1) is 20.0. The van der Waals surface area contributed by atoms with Crippen molar-refractivity contribution in [2.45, 2.75) is 13.5 Å². The van der Waals surface area contributed by atoms with Crippen molar-refractivity contribution in [3.63, 3.8) is 0 Å². The van der Waals surface area contributed by atoms with Gasteiger partial charge in [0.05, 0.1) is 4.92 Å². The minimum Gasteiger partial charge on any atom is -0.360 e. The molecule has 10 heteroatoms. The highest BCUT2D eigenvalue weighted by atomic mass is 35.5. The predicted octanol–water partition coefficient (Wildman–Crippen LogP) is 3.72. The van der Waals surface area contributed by atoms with Crippen LogP contribution in [0, 0.1) is 17.0 Å². The fourth-order valence-corrected chi connectivity index (χ4v) is 2.67. The number of halogens is 1. The molecule has 1 amide bonds. The number of nitro groups is 1. The maximum atomic E-state index is 12.2. The Bertz CT molecular complexity index is 1040. The van der Waals surface area contributed by atoms with Gasteiger partial charge in [0, 0.05) is 17.1 Å². The Morgan fingerprint density at radius 1 is 1.14 bits per heavy atom. The van der Waals surface area contributed by atoms with E-state index in [-0.39, 0.29) is 17.3 Å². The zero-order chi connectivity index (χ0) is 20.8. The van der Waals surface area contributed by atoms with Gasteiger partial charge < -0.3 is 5.32 Å². The zero-order valence-corrected chi connectivity index (χ0v) is 16.1. The highest BCUT2D eigenvalue weighted by Gasteiger charge is 2.23. The molecule has 0 fully saturated rings. The quantitative estimate of drug-likeness (QED) is 0.399. The molecular formula is C19H17ClN6O3. The number of nitrogens with zero attached hydrogens (tertiary/aromatic N) is 3. The molecule has 2 aromatic carbocycles. The van der Waals surface area contributed by atoms with Crippen LogP contribution >= 0.6 is 11.6 Å². The molecule has 0 saturated carbocycles. The average Bonchev–Trinajstić information content (AvgIpc) is 2.71. The van der Waals surface area contributed by atoms with E-state index in [0.29, 0.717) is 17.1 Å². The molecule has 0 radical (unpaired) electrons. The lowest BCUT2D eigenvalue weighted by atomic mass is 10.1. The molecule has 29 heavy (non-hydrogen) atoms. The molecule has 0 saturated heterocycles. The highest BCUT2D eigenvalue weighted by molar-refractivity contribution is 6.30. The monoisotopic (exact) mass is 412 g/mol. The number of rotatable bonds is 7. The Balaban J connectivity index is 1.74. The van der Waals surface area contributed by atoms with Crippen molar-refractivity contribution in [2.24, 2.45) is 0 Å². The van der Waals surface area contributed by atoms with Crippen LogP contribution in [-0.2, 0) is 6.54 Å². The van der Waals surface area contributed by atoms with Crippen molar-refractivity contribution >= 4 is 34.8 Å². The molecule has 1 aromatic heterocycles. The van der Waals surface area contributed by atoms with Crippen LogP contribution in [-0.4, -0.2) is 20.8 Å². The third kappa shape index (κ3) is 5.17. The number of anilines is 2. The van der Waals surface area contributed by atoms with Crippen LogP contribution in [0.2, 0.25) is 5.02 Å². The van der Waals surface area contributed by atoms with Crippen molar-refractivity contribution in [1.29, 1.82) is 0 Å². The van der Waals surface area contributed by atoms with E-state index < -0.39 is 10.8 Å². The Labute approximate surface area is 171 Å². The summed E-state index contributed by atoms with van der Waals surface area (Å²) in [5.74, 6) is -0.633. The number of aromatic nitrogens is 2. The van der Waals surface area contributed by atoms with E-state index in [9.17, 15) is 14.9 Å². The lowest BCUT2D eigenvalue weighted by Gasteiger charge is -2.11. The fourth-order valence-electron chi connectivity index (χ4n) is 2.48. The summed E-state index contributed by atoms with van der Waals surface area (Å²) in [5.41, 5.74) is 6.82. The summed E-state index contributed by atoms with van der Waals surface area (Å²) in [6.07, 6.45) is 1.17. The molecule has 0 atom stereocenters. The molecule has 0 aliphatic heterocycles. The van der Waals surface area contributed by atoms with E-state index in [4.69, 9.17) is 11.6 Å². The summed E-state index contributed by atoms with van der Waals surface area (Å²) < 4.78 is 0. The van der Waals surface area contributed by atoms with Crippen LogP contribution in [0.25, 0.3) is 0 Å². The first-order valence-corrected chi connectivity index (χ1v) is 8.92. The maximum absolute atomic E-state index is 12.2. The van der Waals surface area contributed by atoms with Crippen molar-refractivity contribution in [1.82, 2.24) is 15.4 Å².